The summed E-state index contributed by atoms with van der Waals surface area (Å²) < 4.78 is 5.32. The second-order valence-electron chi connectivity index (χ2n) is 6.39. The molecule has 2 aromatic rings. The molecule has 0 aliphatic carbocycles. The maximum atomic E-state index is 12.6. The van der Waals surface area contributed by atoms with Crippen LogP contribution in [0.3, 0.4) is 0 Å². The number of imide groups is 1. The van der Waals surface area contributed by atoms with Crippen molar-refractivity contribution in [2.75, 3.05) is 20.2 Å². The lowest BCUT2D eigenvalue weighted by Gasteiger charge is -2.42. The van der Waals surface area contributed by atoms with Crippen molar-refractivity contribution in [3.8, 4) is 17.0 Å². The molecule has 2 saturated heterocycles. The summed E-state index contributed by atoms with van der Waals surface area (Å²) in [7, 11) is 1.58. The molecule has 1 aromatic heterocycles. The molecule has 0 saturated carbocycles. The van der Waals surface area contributed by atoms with E-state index < -0.39 is 0 Å². The Morgan fingerprint density at radius 3 is 2.58 bits per heavy atom. The van der Waals surface area contributed by atoms with Crippen molar-refractivity contribution in [1.82, 2.24) is 20.0 Å². The van der Waals surface area contributed by atoms with Gasteiger partial charge in [0.25, 0.3) is 5.91 Å². The number of amides is 3. The molecule has 2 aliphatic heterocycles. The lowest BCUT2D eigenvalue weighted by Crippen LogP contribution is -2.62. The van der Waals surface area contributed by atoms with E-state index in [4.69, 9.17) is 4.74 Å². The number of nitrogens with one attached hydrogen (secondary N) is 1. The van der Waals surface area contributed by atoms with Crippen LogP contribution < -0.4 is 4.74 Å². The zero-order valence-electron chi connectivity index (χ0n) is 14.3. The molecule has 0 spiro atoms. The fourth-order valence-electron chi connectivity index (χ4n) is 3.38. The molecule has 1 N–H and O–H groups in total. The number of likely N-dealkylation sites (tertiary alicyclic amines) is 2. The van der Waals surface area contributed by atoms with Gasteiger partial charge in [0, 0.05) is 31.5 Å². The molecular formula is C18H18N4O4. The van der Waals surface area contributed by atoms with Crippen LogP contribution in [0.4, 0.5) is 0 Å². The second kappa shape index (κ2) is 6.29. The van der Waals surface area contributed by atoms with Crippen molar-refractivity contribution >= 4 is 17.7 Å². The molecule has 0 atom stereocenters. The molecule has 26 heavy (non-hydrogen) atoms. The summed E-state index contributed by atoms with van der Waals surface area (Å²) >= 11 is 0. The van der Waals surface area contributed by atoms with E-state index in [1.165, 1.54) is 4.90 Å². The molecule has 8 heteroatoms. The van der Waals surface area contributed by atoms with Gasteiger partial charge in [0.15, 0.2) is 0 Å². The summed E-state index contributed by atoms with van der Waals surface area (Å²) in [5.74, 6) is 0.182. The Morgan fingerprint density at radius 2 is 1.88 bits per heavy atom. The lowest BCUT2D eigenvalue weighted by molar-refractivity contribution is -0.144. The smallest absolute Gasteiger partial charge is 0.272 e. The molecule has 4 rings (SSSR count). The number of hydrogen-bond acceptors (Lipinski definition) is 5. The largest absolute Gasteiger partial charge is 0.496 e. The fourth-order valence-corrected chi connectivity index (χ4v) is 3.38. The first kappa shape index (κ1) is 16.3. The van der Waals surface area contributed by atoms with Gasteiger partial charge in [-0.25, -0.2) is 0 Å². The van der Waals surface area contributed by atoms with Crippen molar-refractivity contribution in [1.29, 1.82) is 0 Å². The van der Waals surface area contributed by atoms with Crippen LogP contribution in [-0.2, 0) is 9.59 Å². The van der Waals surface area contributed by atoms with Gasteiger partial charge < -0.3 is 9.64 Å². The van der Waals surface area contributed by atoms with Crippen LogP contribution >= 0.6 is 0 Å². The Morgan fingerprint density at radius 1 is 1.19 bits per heavy atom. The number of nitrogens with zero attached hydrogens (tertiary/aromatic N) is 3. The first-order valence-corrected chi connectivity index (χ1v) is 8.41. The Hall–Kier alpha value is -3.16. The molecule has 3 amide bonds. The molecule has 2 fully saturated rings. The van der Waals surface area contributed by atoms with E-state index in [2.05, 4.69) is 10.2 Å². The van der Waals surface area contributed by atoms with Gasteiger partial charge in [0.05, 0.1) is 18.8 Å². The zero-order chi connectivity index (χ0) is 18.3. The van der Waals surface area contributed by atoms with E-state index in [0.29, 0.717) is 30.2 Å². The number of carbonyl (C=O) groups is 3. The molecule has 3 heterocycles. The highest BCUT2D eigenvalue weighted by Gasteiger charge is 2.43. The number of methoxy groups -OCH3 is 1. The second-order valence-corrected chi connectivity index (χ2v) is 6.39. The van der Waals surface area contributed by atoms with Crippen molar-refractivity contribution in [3.05, 3.63) is 36.0 Å². The number of benzene rings is 1. The standard InChI is InChI=1S/C18H18N4O4/c1-26-15-5-3-2-4-12(15)13-8-14(20-19-13)18(25)21-9-11(10-21)22-16(23)6-7-17(22)24/h2-5,8,11H,6-7,9-10H2,1H3,(H,19,20). The molecule has 134 valence electrons. The summed E-state index contributed by atoms with van der Waals surface area (Å²) in [4.78, 5) is 39.0. The third-order valence-corrected chi connectivity index (χ3v) is 4.80. The van der Waals surface area contributed by atoms with Gasteiger partial charge in [0.1, 0.15) is 11.4 Å². The third kappa shape index (κ3) is 2.63. The van der Waals surface area contributed by atoms with Gasteiger partial charge in [0.2, 0.25) is 11.8 Å². The molecule has 1 aromatic carbocycles. The molecule has 2 aliphatic rings. The van der Waals surface area contributed by atoms with E-state index in [0.717, 1.165) is 5.56 Å². The molecule has 0 unspecified atom stereocenters. The summed E-state index contributed by atoms with van der Waals surface area (Å²) in [5.41, 5.74) is 1.77. The van der Waals surface area contributed by atoms with E-state index in [9.17, 15) is 14.4 Å². The van der Waals surface area contributed by atoms with Crippen LogP contribution in [0.2, 0.25) is 0 Å². The zero-order valence-corrected chi connectivity index (χ0v) is 14.3. The lowest BCUT2D eigenvalue weighted by atomic mass is 10.1. The Balaban J connectivity index is 1.45. The van der Waals surface area contributed by atoms with Gasteiger partial charge in [-0.15, -0.1) is 0 Å². The normalized spacial score (nSPS) is 17.6. The van der Waals surface area contributed by atoms with Crippen LogP contribution in [-0.4, -0.2) is 64.0 Å². The predicted octanol–water partition coefficient (Wildman–Crippen LogP) is 1.06. The summed E-state index contributed by atoms with van der Waals surface area (Å²) in [6.07, 6.45) is 0.540. The number of carbonyl (C=O) groups excluding carboxylic acids is 3. The van der Waals surface area contributed by atoms with Crippen LogP contribution in [0, 0.1) is 0 Å². The van der Waals surface area contributed by atoms with Crippen LogP contribution in [0.1, 0.15) is 23.3 Å². The number of hydrogen-bond donors (Lipinski definition) is 1. The van der Waals surface area contributed by atoms with Gasteiger partial charge in [-0.05, 0) is 18.2 Å². The number of aromatic nitrogens is 2. The van der Waals surface area contributed by atoms with Gasteiger partial charge >= 0.3 is 0 Å². The van der Waals surface area contributed by atoms with E-state index in [1.807, 2.05) is 24.3 Å². The minimum Gasteiger partial charge on any atom is -0.496 e. The topological polar surface area (TPSA) is 95.6 Å². The van der Waals surface area contributed by atoms with Crippen molar-refractivity contribution in [3.63, 3.8) is 0 Å². The van der Waals surface area contributed by atoms with E-state index in [1.54, 1.807) is 18.1 Å². The number of aromatic amines is 1. The number of ether oxygens (including phenoxy) is 1. The molecule has 0 radical (unpaired) electrons. The van der Waals surface area contributed by atoms with Crippen LogP contribution in [0.5, 0.6) is 5.75 Å². The van der Waals surface area contributed by atoms with Gasteiger partial charge in [-0.2, -0.15) is 5.10 Å². The van der Waals surface area contributed by atoms with Crippen molar-refractivity contribution < 1.29 is 19.1 Å². The number of rotatable bonds is 4. The molecule has 8 nitrogen and oxygen atoms in total. The first-order valence-electron chi connectivity index (χ1n) is 8.41. The minimum atomic E-state index is -0.210. The summed E-state index contributed by atoms with van der Waals surface area (Å²) in [5, 5.41) is 6.97. The monoisotopic (exact) mass is 354 g/mol. The summed E-state index contributed by atoms with van der Waals surface area (Å²) in [6, 6.07) is 8.90. The first-order chi connectivity index (χ1) is 12.6. The predicted molar refractivity (Wildman–Crippen MR) is 91.4 cm³/mol. The fraction of sp³-hybridized carbons (Fsp3) is 0.333. The van der Waals surface area contributed by atoms with E-state index >= 15 is 0 Å². The Bertz CT molecular complexity index is 869. The van der Waals surface area contributed by atoms with Gasteiger partial charge in [-0.3, -0.25) is 24.4 Å². The van der Waals surface area contributed by atoms with Crippen molar-refractivity contribution in [2.24, 2.45) is 0 Å². The van der Waals surface area contributed by atoms with Crippen molar-refractivity contribution in [2.45, 2.75) is 18.9 Å². The van der Waals surface area contributed by atoms with Gasteiger partial charge in [-0.1, -0.05) is 12.1 Å². The highest BCUT2D eigenvalue weighted by atomic mass is 16.5. The maximum Gasteiger partial charge on any atom is 0.272 e. The average Bonchev–Trinajstić information content (AvgIpc) is 3.22. The van der Waals surface area contributed by atoms with Crippen LogP contribution in [0.25, 0.3) is 11.3 Å². The average molecular weight is 354 g/mol. The Labute approximate surface area is 149 Å². The Kier molecular flexibility index (Phi) is 3.95. The highest BCUT2D eigenvalue weighted by molar-refractivity contribution is 6.03. The highest BCUT2D eigenvalue weighted by Crippen LogP contribution is 2.29. The summed E-state index contributed by atoms with van der Waals surface area (Å²) in [6.45, 7) is 0.721. The quantitative estimate of drug-likeness (QED) is 0.829. The minimum absolute atomic E-state index is 0.146. The number of para-hydroxylation sites is 1. The molecular weight excluding hydrogens is 336 g/mol. The van der Waals surface area contributed by atoms with Crippen LogP contribution in [0.15, 0.2) is 30.3 Å². The third-order valence-electron chi connectivity index (χ3n) is 4.80. The SMILES string of the molecule is COc1ccccc1-c1cc(C(=O)N2CC(N3C(=O)CCC3=O)C2)[nH]n1. The maximum absolute atomic E-state index is 12.6. The molecule has 0 bridgehead atoms. The number of H-pyrrole nitrogens is 1. The van der Waals surface area contributed by atoms with E-state index in [-0.39, 0.29) is 36.6 Å².